The van der Waals surface area contributed by atoms with E-state index in [9.17, 15) is 13.2 Å². The Morgan fingerprint density at radius 1 is 0.968 bits per heavy atom. The molecule has 1 atom stereocenters. The van der Waals surface area contributed by atoms with Crippen molar-refractivity contribution in [2.75, 3.05) is 10.8 Å². The topological polar surface area (TPSA) is 66.5 Å². The molecule has 162 valence electrons. The summed E-state index contributed by atoms with van der Waals surface area (Å²) in [6, 6.07) is 21.7. The summed E-state index contributed by atoms with van der Waals surface area (Å²) >= 11 is 12.3. The normalized spacial score (nSPS) is 12.2. The van der Waals surface area contributed by atoms with Gasteiger partial charge in [-0.1, -0.05) is 78.7 Å². The molecule has 5 nitrogen and oxygen atoms in total. The van der Waals surface area contributed by atoms with E-state index in [1.807, 2.05) is 37.3 Å². The minimum absolute atomic E-state index is 0.0592. The molecule has 0 aliphatic heterocycles. The van der Waals surface area contributed by atoms with Crippen LogP contribution in [0.4, 0.5) is 5.69 Å². The average Bonchev–Trinajstić information content (AvgIpc) is 2.77. The van der Waals surface area contributed by atoms with Crippen molar-refractivity contribution in [2.24, 2.45) is 0 Å². The van der Waals surface area contributed by atoms with Crippen LogP contribution in [0.25, 0.3) is 0 Å². The van der Waals surface area contributed by atoms with Gasteiger partial charge < -0.3 is 5.32 Å². The van der Waals surface area contributed by atoms with Gasteiger partial charge in [-0.15, -0.1) is 0 Å². The lowest BCUT2D eigenvalue weighted by Gasteiger charge is -2.26. The summed E-state index contributed by atoms with van der Waals surface area (Å²) in [6.45, 7) is 1.52. The Morgan fingerprint density at radius 2 is 1.58 bits per heavy atom. The first-order valence-electron chi connectivity index (χ1n) is 9.70. The zero-order chi connectivity index (χ0) is 22.4. The number of carbonyl (C=O) groups excluding carboxylic acids is 1. The number of carbonyl (C=O) groups is 1. The van der Waals surface area contributed by atoms with Crippen LogP contribution >= 0.6 is 23.2 Å². The third-order valence-corrected chi connectivity index (χ3v) is 7.05. The Balaban J connectivity index is 1.94. The second kappa shape index (κ2) is 10.2. The number of halogens is 2. The van der Waals surface area contributed by atoms with E-state index in [4.69, 9.17) is 23.2 Å². The molecule has 0 aliphatic rings. The lowest BCUT2D eigenvalue weighted by atomic mass is 10.0. The van der Waals surface area contributed by atoms with Crippen molar-refractivity contribution in [1.82, 2.24) is 5.32 Å². The first-order chi connectivity index (χ1) is 14.8. The Labute approximate surface area is 192 Å². The van der Waals surface area contributed by atoms with Gasteiger partial charge in [0.2, 0.25) is 5.91 Å². The largest absolute Gasteiger partial charge is 0.348 e. The highest BCUT2D eigenvalue weighted by Gasteiger charge is 2.29. The van der Waals surface area contributed by atoms with Crippen LogP contribution in [0.1, 0.15) is 24.9 Å². The molecule has 1 amide bonds. The Bertz CT molecular complexity index is 1140. The summed E-state index contributed by atoms with van der Waals surface area (Å²) in [5.74, 6) is -0.443. The number of amides is 1. The Kier molecular flexibility index (Phi) is 7.59. The molecule has 0 saturated carbocycles. The molecule has 0 heterocycles. The molecule has 1 N–H and O–H groups in total. The summed E-state index contributed by atoms with van der Waals surface area (Å²) in [6.07, 6.45) is 0.656. The fourth-order valence-electron chi connectivity index (χ4n) is 3.18. The number of benzene rings is 3. The summed E-state index contributed by atoms with van der Waals surface area (Å²) in [5, 5.41) is 3.42. The lowest BCUT2D eigenvalue weighted by Crippen LogP contribution is -2.42. The number of anilines is 1. The molecule has 31 heavy (non-hydrogen) atoms. The van der Waals surface area contributed by atoms with Gasteiger partial charge in [0.1, 0.15) is 6.54 Å². The van der Waals surface area contributed by atoms with E-state index in [0.29, 0.717) is 11.4 Å². The maximum Gasteiger partial charge on any atom is 0.264 e. The van der Waals surface area contributed by atoms with Crippen molar-refractivity contribution in [1.29, 1.82) is 0 Å². The minimum Gasteiger partial charge on any atom is -0.348 e. The molecular formula is C23H22Cl2N2O3S. The van der Waals surface area contributed by atoms with Crippen LogP contribution in [0.15, 0.2) is 83.8 Å². The van der Waals surface area contributed by atoms with Gasteiger partial charge in [0.15, 0.2) is 0 Å². The Morgan fingerprint density at radius 3 is 2.16 bits per heavy atom. The molecule has 0 aliphatic carbocycles. The number of sulfonamides is 1. The van der Waals surface area contributed by atoms with E-state index in [0.717, 1.165) is 9.87 Å². The number of nitrogens with zero attached hydrogens (tertiary/aromatic N) is 1. The summed E-state index contributed by atoms with van der Waals surface area (Å²) in [5.41, 5.74) is 1.12. The first kappa shape index (κ1) is 23.1. The van der Waals surface area contributed by atoms with E-state index >= 15 is 0 Å². The molecule has 0 fully saturated rings. The number of hydrogen-bond donors (Lipinski definition) is 1. The number of nitrogens with one attached hydrogen (secondary N) is 1. The molecule has 0 unspecified atom stereocenters. The molecular weight excluding hydrogens is 455 g/mol. The van der Waals surface area contributed by atoms with Crippen molar-refractivity contribution >= 4 is 44.8 Å². The molecule has 3 aromatic carbocycles. The van der Waals surface area contributed by atoms with Crippen LogP contribution in [-0.2, 0) is 14.8 Å². The first-order valence-corrected chi connectivity index (χ1v) is 11.9. The predicted molar refractivity (Wildman–Crippen MR) is 125 cm³/mol. The Hall–Kier alpha value is -2.54. The SMILES string of the molecule is CC[C@@H](NC(=O)CN(c1ccc(Cl)cc1Cl)S(=O)(=O)c1ccccc1)c1ccccc1. The van der Waals surface area contributed by atoms with Crippen LogP contribution in [0, 0.1) is 0 Å². The molecule has 0 saturated heterocycles. The third-order valence-electron chi connectivity index (χ3n) is 4.74. The van der Waals surface area contributed by atoms with Crippen LogP contribution in [0.2, 0.25) is 10.0 Å². The third kappa shape index (κ3) is 5.58. The van der Waals surface area contributed by atoms with Gasteiger partial charge in [0.25, 0.3) is 10.0 Å². The van der Waals surface area contributed by atoms with Gasteiger partial charge in [-0.25, -0.2) is 8.42 Å². The van der Waals surface area contributed by atoms with E-state index in [1.54, 1.807) is 18.2 Å². The second-order valence-corrected chi connectivity index (χ2v) is 9.57. The average molecular weight is 477 g/mol. The summed E-state index contributed by atoms with van der Waals surface area (Å²) in [7, 11) is -4.05. The molecule has 3 aromatic rings. The monoisotopic (exact) mass is 476 g/mol. The zero-order valence-corrected chi connectivity index (χ0v) is 19.2. The molecule has 8 heteroatoms. The molecule has 0 bridgehead atoms. The second-order valence-electron chi connectivity index (χ2n) is 6.86. The van der Waals surface area contributed by atoms with Crippen molar-refractivity contribution < 1.29 is 13.2 Å². The van der Waals surface area contributed by atoms with Crippen LogP contribution in [0.3, 0.4) is 0 Å². The molecule has 0 radical (unpaired) electrons. The minimum atomic E-state index is -4.05. The van der Waals surface area contributed by atoms with Gasteiger partial charge >= 0.3 is 0 Å². The maximum absolute atomic E-state index is 13.4. The fourth-order valence-corrected chi connectivity index (χ4v) is 5.20. The van der Waals surface area contributed by atoms with Crippen LogP contribution < -0.4 is 9.62 Å². The van der Waals surface area contributed by atoms with Crippen molar-refractivity contribution in [2.45, 2.75) is 24.3 Å². The van der Waals surface area contributed by atoms with Gasteiger partial charge in [-0.3, -0.25) is 9.10 Å². The molecule has 3 rings (SSSR count). The maximum atomic E-state index is 13.4. The number of hydrogen-bond acceptors (Lipinski definition) is 3. The predicted octanol–water partition coefficient (Wildman–Crippen LogP) is 5.46. The van der Waals surface area contributed by atoms with E-state index in [1.165, 1.54) is 30.3 Å². The lowest BCUT2D eigenvalue weighted by molar-refractivity contribution is -0.120. The van der Waals surface area contributed by atoms with Gasteiger partial charge in [0, 0.05) is 5.02 Å². The van der Waals surface area contributed by atoms with Crippen molar-refractivity contribution in [3.8, 4) is 0 Å². The van der Waals surface area contributed by atoms with Gasteiger partial charge in [-0.2, -0.15) is 0 Å². The van der Waals surface area contributed by atoms with E-state index in [-0.39, 0.29) is 21.6 Å². The zero-order valence-electron chi connectivity index (χ0n) is 16.8. The fraction of sp³-hybridized carbons (Fsp3) is 0.174. The molecule has 0 spiro atoms. The van der Waals surface area contributed by atoms with E-state index in [2.05, 4.69) is 5.32 Å². The molecule has 0 aromatic heterocycles. The van der Waals surface area contributed by atoms with Gasteiger partial charge in [0.05, 0.1) is 21.6 Å². The van der Waals surface area contributed by atoms with Crippen molar-refractivity contribution in [3.63, 3.8) is 0 Å². The highest BCUT2D eigenvalue weighted by atomic mass is 35.5. The summed E-state index contributed by atoms with van der Waals surface area (Å²) in [4.78, 5) is 13.0. The van der Waals surface area contributed by atoms with Crippen molar-refractivity contribution in [3.05, 3.63) is 94.5 Å². The highest BCUT2D eigenvalue weighted by molar-refractivity contribution is 7.92. The van der Waals surface area contributed by atoms with Gasteiger partial charge in [-0.05, 0) is 42.3 Å². The quantitative estimate of drug-likeness (QED) is 0.469. The smallest absolute Gasteiger partial charge is 0.264 e. The van der Waals surface area contributed by atoms with Crippen LogP contribution in [-0.4, -0.2) is 20.9 Å². The highest BCUT2D eigenvalue weighted by Crippen LogP contribution is 2.32. The summed E-state index contributed by atoms with van der Waals surface area (Å²) < 4.78 is 27.8. The standard InChI is InChI=1S/C23H22Cl2N2O3S/c1-2-21(17-9-5-3-6-10-17)26-23(28)16-27(22-14-13-18(24)15-20(22)25)31(29,30)19-11-7-4-8-12-19/h3-15,21H,2,16H2,1H3,(H,26,28)/t21-/m1/s1. The van der Waals surface area contributed by atoms with E-state index < -0.39 is 22.5 Å². The number of rotatable bonds is 8. The van der Waals surface area contributed by atoms with Crippen LogP contribution in [0.5, 0.6) is 0 Å².